The van der Waals surface area contributed by atoms with Gasteiger partial charge in [0.25, 0.3) is 0 Å². The molecule has 0 atom stereocenters. The zero-order valence-corrected chi connectivity index (χ0v) is 20.3. The molecule has 0 unspecified atom stereocenters. The number of likely N-dealkylation sites (N-methyl/N-ethyl adjacent to an activating group) is 1. The van der Waals surface area contributed by atoms with Gasteiger partial charge in [0.1, 0.15) is 5.82 Å². The minimum absolute atomic E-state index is 0.698. The van der Waals surface area contributed by atoms with Crippen molar-refractivity contribution in [3.63, 3.8) is 0 Å². The predicted molar refractivity (Wildman–Crippen MR) is 137 cm³/mol. The average Bonchev–Trinajstić information content (AvgIpc) is 2.86. The van der Waals surface area contributed by atoms with E-state index in [1.54, 1.807) is 0 Å². The van der Waals surface area contributed by atoms with Gasteiger partial charge in [-0.15, -0.1) is 0 Å². The van der Waals surface area contributed by atoms with Gasteiger partial charge < -0.3 is 20.4 Å². The summed E-state index contributed by atoms with van der Waals surface area (Å²) in [5.41, 5.74) is 3.86. The van der Waals surface area contributed by atoms with Gasteiger partial charge in [0, 0.05) is 64.6 Å². The first-order valence-corrected chi connectivity index (χ1v) is 12.3. The molecule has 33 heavy (non-hydrogen) atoms. The first-order chi connectivity index (χ1) is 16.2. The zero-order valence-electron chi connectivity index (χ0n) is 20.3. The topological polar surface area (TPSA) is 59.0 Å². The lowest BCUT2D eigenvalue weighted by Gasteiger charge is -2.34. The maximum Gasteiger partial charge on any atom is 0.191 e. The zero-order chi connectivity index (χ0) is 22.9. The van der Waals surface area contributed by atoms with Gasteiger partial charge in [0.2, 0.25) is 0 Å². The van der Waals surface area contributed by atoms with E-state index in [-0.39, 0.29) is 0 Å². The van der Waals surface area contributed by atoms with Crippen LogP contribution in [0.4, 0.5) is 5.82 Å². The van der Waals surface area contributed by atoms with Crippen molar-refractivity contribution in [1.82, 2.24) is 25.4 Å². The SMILES string of the molecule is CN=C(NCc1ccc(CN2CCCCC2)cc1)NCc1cccnc1N1CCN(C)CC1. The van der Waals surface area contributed by atoms with Crippen LogP contribution in [0.3, 0.4) is 0 Å². The summed E-state index contributed by atoms with van der Waals surface area (Å²) in [6, 6.07) is 13.2. The van der Waals surface area contributed by atoms with E-state index >= 15 is 0 Å². The predicted octanol–water partition coefficient (Wildman–Crippen LogP) is 2.68. The van der Waals surface area contributed by atoms with Crippen molar-refractivity contribution in [2.45, 2.75) is 38.9 Å². The van der Waals surface area contributed by atoms with E-state index in [9.17, 15) is 0 Å². The molecule has 2 saturated heterocycles. The molecule has 7 heteroatoms. The number of hydrogen-bond donors (Lipinski definition) is 2. The summed E-state index contributed by atoms with van der Waals surface area (Å²) in [7, 11) is 4.00. The highest BCUT2D eigenvalue weighted by atomic mass is 15.3. The number of likely N-dealkylation sites (tertiary alicyclic amines) is 1. The highest BCUT2D eigenvalue weighted by molar-refractivity contribution is 5.79. The Morgan fingerprint density at radius 2 is 1.58 bits per heavy atom. The fraction of sp³-hybridized carbons (Fsp3) is 0.538. The van der Waals surface area contributed by atoms with Gasteiger partial charge in [0.05, 0.1) is 0 Å². The second kappa shape index (κ2) is 12.0. The molecule has 4 rings (SSSR count). The van der Waals surface area contributed by atoms with E-state index in [1.165, 1.54) is 49.0 Å². The van der Waals surface area contributed by atoms with E-state index < -0.39 is 0 Å². The second-order valence-corrected chi connectivity index (χ2v) is 9.21. The number of hydrogen-bond acceptors (Lipinski definition) is 5. The van der Waals surface area contributed by atoms with Crippen molar-refractivity contribution in [3.05, 3.63) is 59.3 Å². The van der Waals surface area contributed by atoms with Gasteiger partial charge >= 0.3 is 0 Å². The van der Waals surface area contributed by atoms with E-state index in [1.807, 2.05) is 19.3 Å². The highest BCUT2D eigenvalue weighted by Gasteiger charge is 2.18. The Kier molecular flexibility index (Phi) is 8.55. The van der Waals surface area contributed by atoms with Crippen LogP contribution in [0, 0.1) is 0 Å². The van der Waals surface area contributed by atoms with E-state index in [0.717, 1.165) is 51.0 Å². The molecule has 2 N–H and O–H groups in total. The molecule has 0 saturated carbocycles. The number of nitrogens with zero attached hydrogens (tertiary/aromatic N) is 5. The molecule has 7 nitrogen and oxygen atoms in total. The standard InChI is InChI=1S/C26H39N7/c1-27-26(29-19-22-8-10-23(11-9-22)21-32-13-4-3-5-14-32)30-20-24-7-6-12-28-25(24)33-17-15-31(2)16-18-33/h6-12H,3-5,13-21H2,1-2H3,(H2,27,29,30). The number of pyridine rings is 1. The lowest BCUT2D eigenvalue weighted by atomic mass is 10.1. The summed E-state index contributed by atoms with van der Waals surface area (Å²) in [4.78, 5) is 16.4. The second-order valence-electron chi connectivity index (χ2n) is 9.21. The number of piperidine rings is 1. The van der Waals surface area contributed by atoms with Crippen LogP contribution >= 0.6 is 0 Å². The van der Waals surface area contributed by atoms with Crippen LogP contribution in [-0.2, 0) is 19.6 Å². The maximum absolute atomic E-state index is 4.68. The quantitative estimate of drug-likeness (QED) is 0.501. The molecule has 2 aromatic rings. The van der Waals surface area contributed by atoms with Crippen LogP contribution in [0.25, 0.3) is 0 Å². The molecule has 0 radical (unpaired) electrons. The van der Waals surface area contributed by atoms with Crippen molar-refractivity contribution in [2.24, 2.45) is 4.99 Å². The lowest BCUT2D eigenvalue weighted by Crippen LogP contribution is -2.45. The van der Waals surface area contributed by atoms with Crippen LogP contribution in [-0.4, -0.2) is 74.1 Å². The first-order valence-electron chi connectivity index (χ1n) is 12.3. The van der Waals surface area contributed by atoms with Crippen LogP contribution in [0.2, 0.25) is 0 Å². The van der Waals surface area contributed by atoms with E-state index in [0.29, 0.717) is 6.54 Å². The monoisotopic (exact) mass is 449 g/mol. The fourth-order valence-electron chi connectivity index (χ4n) is 4.59. The molecule has 178 valence electrons. The third-order valence-corrected chi connectivity index (χ3v) is 6.68. The van der Waals surface area contributed by atoms with Crippen molar-refractivity contribution >= 4 is 11.8 Å². The average molecular weight is 450 g/mol. The summed E-state index contributed by atoms with van der Waals surface area (Å²) in [6.07, 6.45) is 5.95. The van der Waals surface area contributed by atoms with Gasteiger partial charge in [-0.3, -0.25) is 9.89 Å². The number of nitrogens with one attached hydrogen (secondary N) is 2. The Hall–Kier alpha value is -2.64. The Balaban J connectivity index is 1.26. The van der Waals surface area contributed by atoms with Crippen LogP contribution in [0.1, 0.15) is 36.0 Å². The van der Waals surface area contributed by atoms with E-state index in [2.05, 4.69) is 72.7 Å². The summed E-state index contributed by atoms with van der Waals surface area (Å²) in [5.74, 6) is 1.89. The normalized spacial score (nSPS) is 18.4. The molecular formula is C26H39N7. The van der Waals surface area contributed by atoms with Gasteiger partial charge in [-0.25, -0.2) is 4.98 Å². The van der Waals surface area contributed by atoms with Crippen molar-refractivity contribution in [3.8, 4) is 0 Å². The number of piperazine rings is 1. The number of guanidine groups is 1. The Labute approximate surface area is 198 Å². The van der Waals surface area contributed by atoms with Crippen molar-refractivity contribution < 1.29 is 0 Å². The smallest absolute Gasteiger partial charge is 0.191 e. The number of anilines is 1. The molecule has 0 aliphatic carbocycles. The molecule has 0 bridgehead atoms. The molecule has 2 aliphatic rings. The summed E-state index contributed by atoms with van der Waals surface area (Å²) >= 11 is 0. The van der Waals surface area contributed by atoms with Crippen molar-refractivity contribution in [2.75, 3.05) is 58.3 Å². The van der Waals surface area contributed by atoms with Gasteiger partial charge in [-0.1, -0.05) is 36.8 Å². The molecule has 1 aromatic heterocycles. The van der Waals surface area contributed by atoms with Crippen molar-refractivity contribution in [1.29, 1.82) is 0 Å². The molecule has 0 spiro atoms. The van der Waals surface area contributed by atoms with Crippen LogP contribution < -0.4 is 15.5 Å². The minimum Gasteiger partial charge on any atom is -0.354 e. The molecular weight excluding hydrogens is 410 g/mol. The molecule has 2 fully saturated rings. The molecule has 3 heterocycles. The highest BCUT2D eigenvalue weighted by Crippen LogP contribution is 2.18. The Morgan fingerprint density at radius 3 is 2.30 bits per heavy atom. The summed E-state index contributed by atoms with van der Waals surface area (Å²) in [5, 5.41) is 6.91. The number of benzene rings is 1. The summed E-state index contributed by atoms with van der Waals surface area (Å²) < 4.78 is 0. The number of aliphatic imine (C=N–C) groups is 1. The Morgan fingerprint density at radius 1 is 0.879 bits per heavy atom. The van der Waals surface area contributed by atoms with Crippen LogP contribution in [0.5, 0.6) is 0 Å². The number of rotatable bonds is 7. The maximum atomic E-state index is 4.68. The fourth-order valence-corrected chi connectivity index (χ4v) is 4.59. The van der Waals surface area contributed by atoms with Gasteiger partial charge in [-0.2, -0.15) is 0 Å². The molecule has 1 aromatic carbocycles. The lowest BCUT2D eigenvalue weighted by molar-refractivity contribution is 0.221. The van der Waals surface area contributed by atoms with Gasteiger partial charge in [0.15, 0.2) is 5.96 Å². The summed E-state index contributed by atoms with van der Waals surface area (Å²) in [6.45, 7) is 9.16. The first kappa shape index (κ1) is 23.5. The molecule has 0 amide bonds. The molecule has 2 aliphatic heterocycles. The number of aromatic nitrogens is 1. The van der Waals surface area contributed by atoms with Crippen LogP contribution in [0.15, 0.2) is 47.6 Å². The Bertz CT molecular complexity index is 882. The van der Waals surface area contributed by atoms with E-state index in [4.69, 9.17) is 0 Å². The third-order valence-electron chi connectivity index (χ3n) is 6.68. The van der Waals surface area contributed by atoms with Gasteiger partial charge in [-0.05, 0) is 50.2 Å². The largest absolute Gasteiger partial charge is 0.354 e. The minimum atomic E-state index is 0.698. The third kappa shape index (κ3) is 6.92.